The van der Waals surface area contributed by atoms with Crippen molar-refractivity contribution in [2.75, 3.05) is 19.6 Å². The second-order valence-corrected chi connectivity index (χ2v) is 7.27. The Morgan fingerprint density at radius 1 is 1.48 bits per heavy atom. The first-order valence-corrected chi connectivity index (χ1v) is 8.28. The third-order valence-corrected chi connectivity index (χ3v) is 4.18. The Hall–Kier alpha value is -1.03. The summed E-state index contributed by atoms with van der Waals surface area (Å²) in [4.78, 5) is 13.8. The summed E-state index contributed by atoms with van der Waals surface area (Å²) in [7, 11) is 0. The standard InChI is InChI=1S/C17H30N2O2/c1-5-15(14-6-7-14)18-12-13-8-10-19(11-9-13)16(20)21-17(2,3)4/h8,14-15,18H,5-7,9-12H2,1-4H3. The molecule has 0 bridgehead atoms. The molecule has 0 aromatic heterocycles. The quantitative estimate of drug-likeness (QED) is 0.791. The maximum Gasteiger partial charge on any atom is 0.410 e. The molecule has 1 saturated carbocycles. The molecular formula is C17H30N2O2. The molecule has 1 N–H and O–H groups in total. The normalized spacial score (nSPS) is 21.0. The highest BCUT2D eigenvalue weighted by atomic mass is 16.6. The number of hydrogen-bond donors (Lipinski definition) is 1. The minimum atomic E-state index is -0.415. The summed E-state index contributed by atoms with van der Waals surface area (Å²) in [5.74, 6) is 0.900. The molecule has 2 rings (SSSR count). The SMILES string of the molecule is CCC(NCC1=CCN(C(=O)OC(C)(C)C)CC1)C1CC1. The Labute approximate surface area is 128 Å². The Balaban J connectivity index is 1.75. The molecule has 0 aromatic rings. The molecule has 1 heterocycles. The van der Waals surface area contributed by atoms with Gasteiger partial charge in [-0.1, -0.05) is 18.6 Å². The van der Waals surface area contributed by atoms with E-state index in [4.69, 9.17) is 4.74 Å². The molecule has 1 unspecified atom stereocenters. The van der Waals surface area contributed by atoms with Crippen molar-refractivity contribution in [2.24, 2.45) is 5.92 Å². The Morgan fingerprint density at radius 3 is 2.67 bits per heavy atom. The highest BCUT2D eigenvalue weighted by molar-refractivity contribution is 5.68. The first-order valence-electron chi connectivity index (χ1n) is 8.28. The van der Waals surface area contributed by atoms with Crippen LogP contribution < -0.4 is 5.32 Å². The zero-order chi connectivity index (χ0) is 15.5. The highest BCUT2D eigenvalue weighted by Gasteiger charge is 2.30. The van der Waals surface area contributed by atoms with Gasteiger partial charge in [0.25, 0.3) is 0 Å². The summed E-state index contributed by atoms with van der Waals surface area (Å²) in [6.45, 7) is 10.4. The lowest BCUT2D eigenvalue weighted by molar-refractivity contribution is 0.0265. The number of hydrogen-bond acceptors (Lipinski definition) is 3. The van der Waals surface area contributed by atoms with E-state index in [9.17, 15) is 4.79 Å². The smallest absolute Gasteiger partial charge is 0.410 e. The van der Waals surface area contributed by atoms with Gasteiger partial charge in [0.2, 0.25) is 0 Å². The lowest BCUT2D eigenvalue weighted by Crippen LogP contribution is -2.40. The van der Waals surface area contributed by atoms with E-state index in [1.165, 1.54) is 24.8 Å². The maximum absolute atomic E-state index is 12.0. The van der Waals surface area contributed by atoms with Crippen LogP contribution in [0.25, 0.3) is 0 Å². The molecule has 0 radical (unpaired) electrons. The number of nitrogens with one attached hydrogen (secondary N) is 1. The predicted molar refractivity (Wildman–Crippen MR) is 85.3 cm³/mol. The Morgan fingerprint density at radius 2 is 2.19 bits per heavy atom. The number of rotatable bonds is 5. The van der Waals surface area contributed by atoms with Gasteiger partial charge >= 0.3 is 6.09 Å². The summed E-state index contributed by atoms with van der Waals surface area (Å²) in [5.41, 5.74) is 1.01. The van der Waals surface area contributed by atoms with Crippen LogP contribution in [-0.2, 0) is 4.74 Å². The van der Waals surface area contributed by atoms with Crippen molar-refractivity contribution in [1.29, 1.82) is 0 Å². The van der Waals surface area contributed by atoms with Crippen LogP contribution in [0.3, 0.4) is 0 Å². The van der Waals surface area contributed by atoms with E-state index in [-0.39, 0.29) is 6.09 Å². The molecule has 4 nitrogen and oxygen atoms in total. The van der Waals surface area contributed by atoms with Crippen LogP contribution in [0.15, 0.2) is 11.6 Å². The van der Waals surface area contributed by atoms with E-state index < -0.39 is 5.60 Å². The van der Waals surface area contributed by atoms with Crippen LogP contribution >= 0.6 is 0 Å². The maximum atomic E-state index is 12.0. The van der Waals surface area contributed by atoms with Crippen LogP contribution in [0, 0.1) is 5.92 Å². The first-order chi connectivity index (χ1) is 9.89. The molecular weight excluding hydrogens is 264 g/mol. The van der Waals surface area contributed by atoms with Crippen molar-refractivity contribution in [2.45, 2.75) is 65.0 Å². The average Bonchev–Trinajstić information content (AvgIpc) is 3.23. The van der Waals surface area contributed by atoms with Crippen LogP contribution in [-0.4, -0.2) is 42.3 Å². The summed E-state index contributed by atoms with van der Waals surface area (Å²) in [6, 6.07) is 0.676. The molecule has 4 heteroatoms. The zero-order valence-corrected chi connectivity index (χ0v) is 13.9. The summed E-state index contributed by atoms with van der Waals surface area (Å²) in [6.07, 6.45) is 6.92. The van der Waals surface area contributed by atoms with E-state index in [2.05, 4.69) is 18.3 Å². The van der Waals surface area contributed by atoms with Gasteiger partial charge in [-0.2, -0.15) is 0 Å². The summed E-state index contributed by atoms with van der Waals surface area (Å²) in [5, 5.41) is 3.68. The van der Waals surface area contributed by atoms with Crippen LogP contribution in [0.2, 0.25) is 0 Å². The van der Waals surface area contributed by atoms with E-state index in [1.807, 2.05) is 20.8 Å². The monoisotopic (exact) mass is 294 g/mol. The molecule has 1 amide bonds. The average molecular weight is 294 g/mol. The third kappa shape index (κ3) is 5.34. The second kappa shape index (κ2) is 6.82. The second-order valence-electron chi connectivity index (χ2n) is 7.27. The number of nitrogens with zero attached hydrogens (tertiary/aromatic N) is 1. The van der Waals surface area contributed by atoms with Crippen molar-refractivity contribution >= 4 is 6.09 Å². The molecule has 21 heavy (non-hydrogen) atoms. The van der Waals surface area contributed by atoms with Crippen molar-refractivity contribution < 1.29 is 9.53 Å². The summed E-state index contributed by atoms with van der Waals surface area (Å²) >= 11 is 0. The first kappa shape index (κ1) is 16.3. The van der Waals surface area contributed by atoms with Crippen LogP contribution in [0.1, 0.15) is 53.4 Å². The lowest BCUT2D eigenvalue weighted by Gasteiger charge is -2.30. The van der Waals surface area contributed by atoms with E-state index in [0.29, 0.717) is 12.6 Å². The van der Waals surface area contributed by atoms with Crippen molar-refractivity contribution in [3.63, 3.8) is 0 Å². The number of ether oxygens (including phenoxy) is 1. The van der Waals surface area contributed by atoms with E-state index in [0.717, 1.165) is 25.4 Å². The Bertz CT molecular complexity index is 394. The van der Waals surface area contributed by atoms with Crippen LogP contribution in [0.5, 0.6) is 0 Å². The molecule has 1 atom stereocenters. The van der Waals surface area contributed by atoms with Gasteiger partial charge in [0.05, 0.1) is 0 Å². The predicted octanol–water partition coefficient (Wildman–Crippen LogP) is 3.33. The zero-order valence-electron chi connectivity index (χ0n) is 13.9. The van der Waals surface area contributed by atoms with Crippen molar-refractivity contribution in [1.82, 2.24) is 10.2 Å². The Kier molecular flexibility index (Phi) is 5.31. The topological polar surface area (TPSA) is 41.6 Å². The summed E-state index contributed by atoms with van der Waals surface area (Å²) < 4.78 is 5.41. The number of amides is 1. The largest absolute Gasteiger partial charge is 0.444 e. The minimum absolute atomic E-state index is 0.199. The molecule has 0 aromatic carbocycles. The fraction of sp³-hybridized carbons (Fsp3) is 0.824. The van der Waals surface area contributed by atoms with Gasteiger partial charge in [0.15, 0.2) is 0 Å². The van der Waals surface area contributed by atoms with Gasteiger partial charge in [-0.25, -0.2) is 4.79 Å². The van der Waals surface area contributed by atoms with Gasteiger partial charge in [-0.15, -0.1) is 0 Å². The fourth-order valence-corrected chi connectivity index (χ4v) is 2.77. The number of carbonyl (C=O) groups excluding carboxylic acids is 1. The molecule has 0 saturated heterocycles. The molecule has 1 fully saturated rings. The van der Waals surface area contributed by atoms with Crippen molar-refractivity contribution in [3.05, 3.63) is 11.6 Å². The molecule has 1 aliphatic carbocycles. The van der Waals surface area contributed by atoms with E-state index in [1.54, 1.807) is 4.90 Å². The fourth-order valence-electron chi connectivity index (χ4n) is 2.77. The van der Waals surface area contributed by atoms with Gasteiger partial charge in [-0.3, -0.25) is 0 Å². The lowest BCUT2D eigenvalue weighted by atomic mass is 10.1. The minimum Gasteiger partial charge on any atom is -0.444 e. The molecule has 1 aliphatic heterocycles. The van der Waals surface area contributed by atoms with E-state index >= 15 is 0 Å². The molecule has 0 spiro atoms. The van der Waals surface area contributed by atoms with Crippen molar-refractivity contribution in [3.8, 4) is 0 Å². The third-order valence-electron chi connectivity index (χ3n) is 4.18. The number of carbonyl (C=O) groups is 1. The van der Waals surface area contributed by atoms with Gasteiger partial charge in [0, 0.05) is 25.7 Å². The van der Waals surface area contributed by atoms with Gasteiger partial charge < -0.3 is 15.0 Å². The van der Waals surface area contributed by atoms with Gasteiger partial charge in [-0.05, 0) is 52.4 Å². The highest BCUT2D eigenvalue weighted by Crippen LogP contribution is 2.34. The molecule has 2 aliphatic rings. The van der Waals surface area contributed by atoms with Gasteiger partial charge in [0.1, 0.15) is 5.60 Å². The molecule has 120 valence electrons. The van der Waals surface area contributed by atoms with Crippen LogP contribution in [0.4, 0.5) is 4.79 Å².